The molecule has 2 amide bonds. The molecule has 0 saturated carbocycles. The van der Waals surface area contributed by atoms with Gasteiger partial charge in [0, 0.05) is 55.1 Å². The molecule has 0 spiro atoms. The Hall–Kier alpha value is -3.31. The van der Waals surface area contributed by atoms with E-state index in [1.807, 2.05) is 99.3 Å². The first kappa shape index (κ1) is 35.0. The second-order valence-corrected chi connectivity index (χ2v) is 15.8. The Bertz CT molecular complexity index is 1740. The number of urea groups is 1. The number of nitrogens with zero attached hydrogens (tertiary/aromatic N) is 4. The van der Waals surface area contributed by atoms with Crippen LogP contribution in [-0.2, 0) is 20.9 Å². The molecule has 0 unspecified atom stereocenters. The van der Waals surface area contributed by atoms with Crippen LogP contribution >= 0.6 is 23.2 Å². The Morgan fingerprint density at radius 2 is 1.49 bits per heavy atom. The van der Waals surface area contributed by atoms with Gasteiger partial charge >= 0.3 is 6.03 Å². The predicted molar refractivity (Wildman–Crippen MR) is 188 cm³/mol. The summed E-state index contributed by atoms with van der Waals surface area (Å²) in [6.07, 6.45) is 1.09. The number of hydrogen-bond donors (Lipinski definition) is 0. The van der Waals surface area contributed by atoms with Crippen LogP contribution in [0.5, 0.6) is 11.5 Å². The molecule has 1 fully saturated rings. The van der Waals surface area contributed by atoms with Gasteiger partial charge in [0.15, 0.2) is 0 Å². The van der Waals surface area contributed by atoms with Crippen LogP contribution in [0.4, 0.5) is 4.79 Å². The number of hydrogen-bond acceptors (Lipinski definition) is 7. The maximum absolute atomic E-state index is 15.0. The van der Waals surface area contributed by atoms with Crippen LogP contribution < -0.4 is 9.47 Å². The van der Waals surface area contributed by atoms with E-state index in [4.69, 9.17) is 37.7 Å². The zero-order valence-corrected chi connectivity index (χ0v) is 30.0. The highest BCUT2D eigenvalue weighted by molar-refractivity contribution is 7.90. The normalized spacial score (nSPS) is 22.0. The van der Waals surface area contributed by atoms with Crippen LogP contribution in [-0.4, -0.2) is 92.9 Å². The number of halogens is 2. The Labute approximate surface area is 288 Å². The minimum absolute atomic E-state index is 0.0774. The topological polar surface area (TPSA) is 91.8 Å². The molecule has 0 aliphatic carbocycles. The highest BCUT2D eigenvalue weighted by Gasteiger charge is 2.60. The fourth-order valence-electron chi connectivity index (χ4n) is 6.33. The van der Waals surface area contributed by atoms with Gasteiger partial charge < -0.3 is 14.4 Å². The minimum Gasteiger partial charge on any atom is -0.497 e. The van der Waals surface area contributed by atoms with Gasteiger partial charge in [-0.05, 0) is 75.2 Å². The number of methoxy groups -OCH3 is 1. The van der Waals surface area contributed by atoms with Crippen LogP contribution in [0.2, 0.25) is 10.0 Å². The van der Waals surface area contributed by atoms with E-state index in [1.54, 1.807) is 12.0 Å². The van der Waals surface area contributed by atoms with Gasteiger partial charge in [-0.2, -0.15) is 0 Å². The predicted octanol–water partition coefficient (Wildman–Crippen LogP) is 6.46. The van der Waals surface area contributed by atoms with E-state index in [0.717, 1.165) is 11.1 Å². The summed E-state index contributed by atoms with van der Waals surface area (Å²) in [5.74, 6) is 1.70. The minimum atomic E-state index is -3.10. The smallest absolute Gasteiger partial charge is 0.326 e. The third-order valence-electron chi connectivity index (χ3n) is 9.15. The van der Waals surface area contributed by atoms with E-state index < -0.39 is 20.9 Å². The molecule has 252 valence electrons. The maximum atomic E-state index is 15.0. The monoisotopic (exact) mass is 700 g/mol. The van der Waals surface area contributed by atoms with Crippen molar-refractivity contribution in [2.24, 2.45) is 4.99 Å². The zero-order chi connectivity index (χ0) is 34.1. The first-order valence-corrected chi connectivity index (χ1v) is 18.4. The highest BCUT2D eigenvalue weighted by Crippen LogP contribution is 2.54. The Balaban J connectivity index is 1.68. The van der Waals surface area contributed by atoms with Gasteiger partial charge in [0.2, 0.25) is 0 Å². The lowest BCUT2D eigenvalue weighted by Crippen LogP contribution is -2.60. The number of amidine groups is 1. The van der Waals surface area contributed by atoms with Gasteiger partial charge in [0.05, 0.1) is 24.5 Å². The molecular formula is C35H42Cl2N4O5S. The molecule has 0 N–H and O–H groups in total. The molecule has 47 heavy (non-hydrogen) atoms. The number of amides is 2. The van der Waals surface area contributed by atoms with Crippen LogP contribution in [0.15, 0.2) is 71.7 Å². The van der Waals surface area contributed by atoms with Crippen molar-refractivity contribution >= 4 is 44.9 Å². The molecule has 0 bridgehead atoms. The number of carbonyl (C=O) groups is 1. The van der Waals surface area contributed by atoms with E-state index in [0.29, 0.717) is 65.7 Å². The van der Waals surface area contributed by atoms with Crippen LogP contribution in [0.1, 0.15) is 44.4 Å². The van der Waals surface area contributed by atoms with Gasteiger partial charge in [-0.15, -0.1) is 0 Å². The average molecular weight is 702 g/mol. The van der Waals surface area contributed by atoms with Crippen molar-refractivity contribution in [3.8, 4) is 11.5 Å². The summed E-state index contributed by atoms with van der Waals surface area (Å²) in [6, 6.07) is 20.4. The molecular weight excluding hydrogens is 659 g/mol. The van der Waals surface area contributed by atoms with Crippen LogP contribution in [0.3, 0.4) is 0 Å². The summed E-state index contributed by atoms with van der Waals surface area (Å²) in [6.45, 7) is 10.4. The largest absolute Gasteiger partial charge is 0.497 e. The van der Waals surface area contributed by atoms with Gasteiger partial charge in [-0.1, -0.05) is 47.5 Å². The third-order valence-corrected chi connectivity index (χ3v) is 10.6. The molecule has 3 aromatic carbocycles. The van der Waals surface area contributed by atoms with Gasteiger partial charge in [0.1, 0.15) is 38.2 Å². The van der Waals surface area contributed by atoms with Crippen molar-refractivity contribution in [1.82, 2.24) is 14.7 Å². The van der Waals surface area contributed by atoms with Gasteiger partial charge in [-0.3, -0.25) is 14.8 Å². The molecule has 0 radical (unpaired) electrons. The SMILES string of the molecule is COc1ccc(C2=N[C@@](C)(c3ccc(Cl)cc3)[C@@](C)(c3ccc(Cl)cc3)N2C(=O)N2CCN(CCS(C)(=O)=O)CC2)c(OC(C)C)c1. The summed E-state index contributed by atoms with van der Waals surface area (Å²) in [4.78, 5) is 26.2. The summed E-state index contributed by atoms with van der Waals surface area (Å²) >= 11 is 12.7. The Morgan fingerprint density at radius 1 is 0.915 bits per heavy atom. The van der Waals surface area contributed by atoms with Gasteiger partial charge in [-0.25, -0.2) is 13.2 Å². The number of benzene rings is 3. The first-order valence-electron chi connectivity index (χ1n) is 15.6. The number of piperazine rings is 1. The van der Waals surface area contributed by atoms with Crippen molar-refractivity contribution in [2.75, 3.05) is 51.8 Å². The van der Waals surface area contributed by atoms with E-state index in [1.165, 1.54) is 6.26 Å². The summed E-state index contributed by atoms with van der Waals surface area (Å²) < 4.78 is 35.5. The lowest BCUT2D eigenvalue weighted by atomic mass is 9.71. The molecule has 12 heteroatoms. The fourth-order valence-corrected chi connectivity index (χ4v) is 7.17. The lowest BCUT2D eigenvalue weighted by molar-refractivity contribution is 0.0880. The quantitative estimate of drug-likeness (QED) is 0.254. The van der Waals surface area contributed by atoms with Crippen molar-refractivity contribution < 1.29 is 22.7 Å². The summed E-state index contributed by atoms with van der Waals surface area (Å²) in [5, 5.41) is 1.17. The van der Waals surface area contributed by atoms with Crippen molar-refractivity contribution in [3.05, 3.63) is 93.5 Å². The third kappa shape index (κ3) is 7.11. The van der Waals surface area contributed by atoms with Crippen LogP contribution in [0, 0.1) is 0 Å². The molecule has 2 aliphatic rings. The second kappa shape index (κ2) is 13.7. The molecule has 0 aromatic heterocycles. The standard InChI is InChI=1S/C35H42Cl2N4O5S/c1-24(2)46-31-23-29(45-5)15-16-30(31)32-38-34(3,25-7-11-27(36)12-8-25)35(4,26-9-13-28(37)14-10-26)41(32)33(42)40-19-17-39(18-20-40)21-22-47(6,43)44/h7-16,23-24H,17-22H2,1-6H3/t34-,35+/m0/s1. The first-order chi connectivity index (χ1) is 22.2. The zero-order valence-electron chi connectivity index (χ0n) is 27.7. The molecule has 2 aliphatic heterocycles. The second-order valence-electron chi connectivity index (χ2n) is 12.7. The molecule has 9 nitrogen and oxygen atoms in total. The summed E-state index contributed by atoms with van der Waals surface area (Å²) in [7, 11) is -1.50. The van der Waals surface area contributed by atoms with Crippen molar-refractivity contribution in [2.45, 2.75) is 44.9 Å². The van der Waals surface area contributed by atoms with Gasteiger partial charge in [0.25, 0.3) is 0 Å². The van der Waals surface area contributed by atoms with Crippen molar-refractivity contribution in [3.63, 3.8) is 0 Å². The van der Waals surface area contributed by atoms with Crippen molar-refractivity contribution in [1.29, 1.82) is 0 Å². The van der Waals surface area contributed by atoms with Crippen LogP contribution in [0.25, 0.3) is 0 Å². The average Bonchev–Trinajstić information content (AvgIpc) is 3.27. The number of sulfone groups is 1. The molecule has 2 atom stereocenters. The van der Waals surface area contributed by atoms with E-state index >= 15 is 4.79 Å². The van der Waals surface area contributed by atoms with E-state index in [-0.39, 0.29) is 17.9 Å². The highest BCUT2D eigenvalue weighted by atomic mass is 35.5. The number of rotatable bonds is 9. The molecule has 3 aromatic rings. The molecule has 5 rings (SSSR count). The number of ether oxygens (including phenoxy) is 2. The number of aliphatic imine (C=N–C) groups is 1. The van der Waals surface area contributed by atoms with E-state index in [2.05, 4.69) is 4.90 Å². The Kier molecular flexibility index (Phi) is 10.2. The number of carbonyl (C=O) groups excluding carboxylic acids is 1. The lowest BCUT2D eigenvalue weighted by Gasteiger charge is -2.47. The molecule has 2 heterocycles. The Morgan fingerprint density at radius 3 is 2.02 bits per heavy atom. The fraction of sp³-hybridized carbons (Fsp3) is 0.429. The summed E-state index contributed by atoms with van der Waals surface area (Å²) in [5.41, 5.74) is 0.344. The van der Waals surface area contributed by atoms with E-state index in [9.17, 15) is 8.42 Å². The molecule has 1 saturated heterocycles. The maximum Gasteiger partial charge on any atom is 0.326 e.